The minimum absolute atomic E-state index is 0.0271. The molecule has 1 aromatic heterocycles. The monoisotopic (exact) mass is 251 g/mol. The number of anilines is 1. The Balaban J connectivity index is 2.66. The van der Waals surface area contributed by atoms with Crippen molar-refractivity contribution in [1.29, 1.82) is 0 Å². The molecule has 18 heavy (non-hydrogen) atoms. The van der Waals surface area contributed by atoms with E-state index in [0.717, 1.165) is 0 Å². The average Bonchev–Trinajstić information content (AvgIpc) is 2.33. The van der Waals surface area contributed by atoms with Crippen molar-refractivity contribution < 1.29 is 9.53 Å². The van der Waals surface area contributed by atoms with Crippen molar-refractivity contribution in [2.24, 2.45) is 5.92 Å². The van der Waals surface area contributed by atoms with Gasteiger partial charge < -0.3 is 15.8 Å². The number of carbonyl (C=O) groups excluding carboxylic acids is 1. The molecule has 0 spiro atoms. The summed E-state index contributed by atoms with van der Waals surface area (Å²) >= 11 is 0. The topological polar surface area (TPSA) is 77.2 Å². The van der Waals surface area contributed by atoms with Crippen LogP contribution in [0.3, 0.4) is 0 Å². The number of rotatable bonds is 6. The van der Waals surface area contributed by atoms with E-state index >= 15 is 0 Å². The predicted molar refractivity (Wildman–Crippen MR) is 71.2 cm³/mol. The van der Waals surface area contributed by atoms with Gasteiger partial charge in [0.1, 0.15) is 5.69 Å². The standard InChI is InChI=1S/C13H21N3O2/c1-4-18-8-12(9(2)3)16-13(17)11-7-10(14)5-6-15-11/h5-7,9,12H,4,8H2,1-3H3,(H2,14,15)(H,16,17). The summed E-state index contributed by atoms with van der Waals surface area (Å²) in [6.07, 6.45) is 1.52. The molecule has 1 heterocycles. The van der Waals surface area contributed by atoms with Gasteiger partial charge in [-0.3, -0.25) is 9.78 Å². The second-order valence-corrected chi connectivity index (χ2v) is 4.46. The first-order chi connectivity index (χ1) is 8.54. The molecule has 100 valence electrons. The molecular weight excluding hydrogens is 230 g/mol. The molecule has 0 aliphatic carbocycles. The highest BCUT2D eigenvalue weighted by Crippen LogP contribution is 2.06. The second-order valence-electron chi connectivity index (χ2n) is 4.46. The van der Waals surface area contributed by atoms with Crippen LogP contribution in [0.1, 0.15) is 31.3 Å². The van der Waals surface area contributed by atoms with Crippen LogP contribution in [-0.2, 0) is 4.74 Å². The van der Waals surface area contributed by atoms with E-state index in [1.54, 1.807) is 12.1 Å². The molecule has 0 fully saturated rings. The van der Waals surface area contributed by atoms with Crippen molar-refractivity contribution in [2.45, 2.75) is 26.8 Å². The zero-order valence-electron chi connectivity index (χ0n) is 11.1. The minimum Gasteiger partial charge on any atom is -0.399 e. The SMILES string of the molecule is CCOCC(NC(=O)c1cc(N)ccn1)C(C)C. The number of pyridine rings is 1. The van der Waals surface area contributed by atoms with Crippen molar-refractivity contribution in [3.8, 4) is 0 Å². The summed E-state index contributed by atoms with van der Waals surface area (Å²) in [6.45, 7) is 7.14. The van der Waals surface area contributed by atoms with Crippen LogP contribution in [0.5, 0.6) is 0 Å². The Hall–Kier alpha value is -1.62. The molecular formula is C13H21N3O2. The molecule has 1 unspecified atom stereocenters. The Morgan fingerprint density at radius 3 is 2.83 bits per heavy atom. The molecule has 0 radical (unpaired) electrons. The summed E-state index contributed by atoms with van der Waals surface area (Å²) in [5.74, 6) is 0.0715. The third-order valence-electron chi connectivity index (χ3n) is 2.64. The van der Waals surface area contributed by atoms with Crippen LogP contribution in [-0.4, -0.2) is 30.1 Å². The third-order valence-corrected chi connectivity index (χ3v) is 2.64. The molecule has 1 rings (SSSR count). The van der Waals surface area contributed by atoms with Gasteiger partial charge >= 0.3 is 0 Å². The number of hydrogen-bond donors (Lipinski definition) is 2. The number of amides is 1. The second kappa shape index (κ2) is 6.96. The van der Waals surface area contributed by atoms with E-state index in [4.69, 9.17) is 10.5 Å². The molecule has 5 heteroatoms. The molecule has 0 aromatic carbocycles. The van der Waals surface area contributed by atoms with E-state index in [9.17, 15) is 4.79 Å². The number of nitrogen functional groups attached to an aromatic ring is 1. The third kappa shape index (κ3) is 4.33. The average molecular weight is 251 g/mol. The van der Waals surface area contributed by atoms with Gasteiger partial charge in [0.15, 0.2) is 0 Å². The molecule has 1 aromatic rings. The lowest BCUT2D eigenvalue weighted by molar-refractivity contribution is 0.0802. The fraction of sp³-hybridized carbons (Fsp3) is 0.538. The summed E-state index contributed by atoms with van der Waals surface area (Å²) in [6, 6.07) is 3.19. The number of nitrogens with two attached hydrogens (primary N) is 1. The molecule has 0 aliphatic heterocycles. The lowest BCUT2D eigenvalue weighted by Crippen LogP contribution is -2.42. The van der Waals surface area contributed by atoms with E-state index in [2.05, 4.69) is 10.3 Å². The highest BCUT2D eigenvalue weighted by Gasteiger charge is 2.18. The summed E-state index contributed by atoms with van der Waals surface area (Å²) in [5, 5.41) is 2.91. The Bertz CT molecular complexity index is 394. The highest BCUT2D eigenvalue weighted by molar-refractivity contribution is 5.93. The molecule has 0 aliphatic rings. The van der Waals surface area contributed by atoms with Gasteiger partial charge in [-0.05, 0) is 25.0 Å². The first kappa shape index (κ1) is 14.4. The van der Waals surface area contributed by atoms with Gasteiger partial charge in [0.25, 0.3) is 5.91 Å². The van der Waals surface area contributed by atoms with Crippen molar-refractivity contribution in [3.05, 3.63) is 24.0 Å². The van der Waals surface area contributed by atoms with Gasteiger partial charge in [-0.15, -0.1) is 0 Å². The molecule has 5 nitrogen and oxygen atoms in total. The van der Waals surface area contributed by atoms with E-state index in [1.165, 1.54) is 6.20 Å². The maximum Gasteiger partial charge on any atom is 0.270 e. The van der Waals surface area contributed by atoms with Crippen LogP contribution in [0.2, 0.25) is 0 Å². The smallest absolute Gasteiger partial charge is 0.270 e. The number of nitrogens with one attached hydrogen (secondary N) is 1. The maximum atomic E-state index is 12.0. The van der Waals surface area contributed by atoms with E-state index in [1.807, 2.05) is 20.8 Å². The van der Waals surface area contributed by atoms with Gasteiger partial charge in [-0.1, -0.05) is 13.8 Å². The Morgan fingerprint density at radius 1 is 1.56 bits per heavy atom. The van der Waals surface area contributed by atoms with E-state index < -0.39 is 0 Å². The van der Waals surface area contributed by atoms with Gasteiger partial charge in [-0.2, -0.15) is 0 Å². The van der Waals surface area contributed by atoms with Crippen LogP contribution < -0.4 is 11.1 Å². The summed E-state index contributed by atoms with van der Waals surface area (Å²) in [7, 11) is 0. The lowest BCUT2D eigenvalue weighted by Gasteiger charge is -2.21. The minimum atomic E-state index is -0.222. The van der Waals surface area contributed by atoms with Crippen LogP contribution in [0, 0.1) is 5.92 Å². The number of nitrogens with zero attached hydrogens (tertiary/aromatic N) is 1. The molecule has 0 bridgehead atoms. The number of ether oxygens (including phenoxy) is 1. The van der Waals surface area contributed by atoms with E-state index in [-0.39, 0.29) is 11.9 Å². The molecule has 3 N–H and O–H groups in total. The Labute approximate surface area is 108 Å². The van der Waals surface area contributed by atoms with Crippen molar-refractivity contribution in [1.82, 2.24) is 10.3 Å². The van der Waals surface area contributed by atoms with Crippen LogP contribution in [0.4, 0.5) is 5.69 Å². The molecule has 1 amide bonds. The molecule has 0 saturated carbocycles. The fourth-order valence-electron chi connectivity index (χ4n) is 1.46. The highest BCUT2D eigenvalue weighted by atomic mass is 16.5. The van der Waals surface area contributed by atoms with Crippen LogP contribution in [0.15, 0.2) is 18.3 Å². The first-order valence-corrected chi connectivity index (χ1v) is 6.14. The first-order valence-electron chi connectivity index (χ1n) is 6.14. The molecule has 0 saturated heterocycles. The summed E-state index contributed by atoms with van der Waals surface area (Å²) < 4.78 is 5.36. The van der Waals surface area contributed by atoms with Gasteiger partial charge in [-0.25, -0.2) is 0 Å². The zero-order chi connectivity index (χ0) is 13.5. The van der Waals surface area contributed by atoms with Crippen LogP contribution in [0.25, 0.3) is 0 Å². The summed E-state index contributed by atoms with van der Waals surface area (Å²) in [4.78, 5) is 16.0. The Kier molecular flexibility index (Phi) is 5.58. The summed E-state index contributed by atoms with van der Waals surface area (Å²) in [5.41, 5.74) is 6.48. The lowest BCUT2D eigenvalue weighted by atomic mass is 10.1. The number of hydrogen-bond acceptors (Lipinski definition) is 4. The zero-order valence-corrected chi connectivity index (χ0v) is 11.1. The number of aromatic nitrogens is 1. The largest absolute Gasteiger partial charge is 0.399 e. The maximum absolute atomic E-state index is 12.0. The van der Waals surface area contributed by atoms with Gasteiger partial charge in [0.2, 0.25) is 0 Å². The fourth-order valence-corrected chi connectivity index (χ4v) is 1.46. The Morgan fingerprint density at radius 2 is 2.28 bits per heavy atom. The van der Waals surface area contributed by atoms with Crippen molar-refractivity contribution in [2.75, 3.05) is 18.9 Å². The number of carbonyl (C=O) groups is 1. The van der Waals surface area contributed by atoms with Gasteiger partial charge in [0, 0.05) is 18.5 Å². The quantitative estimate of drug-likeness (QED) is 0.802. The van der Waals surface area contributed by atoms with E-state index in [0.29, 0.717) is 30.5 Å². The molecule has 1 atom stereocenters. The normalized spacial score (nSPS) is 12.4. The van der Waals surface area contributed by atoms with Crippen molar-refractivity contribution >= 4 is 11.6 Å². The van der Waals surface area contributed by atoms with Crippen molar-refractivity contribution in [3.63, 3.8) is 0 Å². The van der Waals surface area contributed by atoms with Crippen LogP contribution >= 0.6 is 0 Å². The van der Waals surface area contributed by atoms with Gasteiger partial charge in [0.05, 0.1) is 12.6 Å². The predicted octanol–water partition coefficient (Wildman–Crippen LogP) is 1.45.